The summed E-state index contributed by atoms with van der Waals surface area (Å²) in [6.07, 6.45) is 4.19. The topological polar surface area (TPSA) is 55.4 Å². The third-order valence-corrected chi connectivity index (χ3v) is 6.52. The van der Waals surface area contributed by atoms with Gasteiger partial charge in [0, 0.05) is 16.2 Å². The van der Waals surface area contributed by atoms with Gasteiger partial charge in [-0.25, -0.2) is 4.79 Å². The van der Waals surface area contributed by atoms with Crippen molar-refractivity contribution in [3.05, 3.63) is 46.3 Å². The van der Waals surface area contributed by atoms with Gasteiger partial charge in [0.25, 0.3) is 0 Å². The monoisotopic (exact) mass is 389 g/mol. The van der Waals surface area contributed by atoms with E-state index in [1.165, 1.54) is 21.1 Å². The molecule has 0 spiro atoms. The van der Waals surface area contributed by atoms with Crippen molar-refractivity contribution in [3.8, 4) is 0 Å². The fourth-order valence-corrected chi connectivity index (χ4v) is 5.21. The fraction of sp³-hybridized carbons (Fsp3) is 0.400. The van der Waals surface area contributed by atoms with Gasteiger partial charge >= 0.3 is 5.97 Å². The summed E-state index contributed by atoms with van der Waals surface area (Å²) in [6, 6.07) is 10.2. The van der Waals surface area contributed by atoms with Crippen molar-refractivity contribution in [1.82, 2.24) is 0 Å². The lowest BCUT2D eigenvalue weighted by Crippen LogP contribution is -2.15. The van der Waals surface area contributed by atoms with E-state index in [1.807, 2.05) is 18.2 Å². The number of carbonyl (C=O) groups excluding carboxylic acids is 2. The zero-order valence-corrected chi connectivity index (χ0v) is 16.5. The molecule has 0 aliphatic heterocycles. The summed E-state index contributed by atoms with van der Waals surface area (Å²) in [6.45, 7) is 2.14. The van der Waals surface area contributed by atoms with Crippen molar-refractivity contribution in [2.45, 2.75) is 43.9 Å². The van der Waals surface area contributed by atoms with Gasteiger partial charge in [0.15, 0.2) is 0 Å². The first-order valence-corrected chi connectivity index (χ1v) is 10.8. The van der Waals surface area contributed by atoms with Crippen LogP contribution in [0.3, 0.4) is 0 Å². The van der Waals surface area contributed by atoms with Gasteiger partial charge in [-0.2, -0.15) is 0 Å². The summed E-state index contributed by atoms with van der Waals surface area (Å²) in [4.78, 5) is 27.1. The molecule has 1 aromatic heterocycles. The van der Waals surface area contributed by atoms with Crippen LogP contribution in [0.4, 0.5) is 5.00 Å². The lowest BCUT2D eigenvalue weighted by Gasteiger charge is -2.08. The molecule has 0 bridgehead atoms. The van der Waals surface area contributed by atoms with Crippen molar-refractivity contribution >= 4 is 40.0 Å². The summed E-state index contributed by atoms with van der Waals surface area (Å²) in [5.74, 6) is 0.536. The highest BCUT2D eigenvalue weighted by atomic mass is 32.2. The van der Waals surface area contributed by atoms with Gasteiger partial charge in [-0.15, -0.1) is 23.1 Å². The van der Waals surface area contributed by atoms with Gasteiger partial charge in [-0.05, 0) is 56.1 Å². The van der Waals surface area contributed by atoms with Crippen LogP contribution in [-0.4, -0.2) is 24.2 Å². The molecule has 2 aromatic rings. The zero-order valence-electron chi connectivity index (χ0n) is 14.9. The largest absolute Gasteiger partial charge is 0.462 e. The number of benzene rings is 1. The molecule has 0 saturated heterocycles. The Bertz CT molecular complexity index is 771. The standard InChI is InChI=1S/C20H23NO3S2/c1-2-24-20(23)18-15-10-6-11-16(15)26-19(18)21-17(22)12-7-13-25-14-8-4-3-5-9-14/h3-5,8-9H,2,6-7,10-13H2,1H3,(H,21,22). The molecule has 0 fully saturated rings. The molecule has 0 radical (unpaired) electrons. The van der Waals surface area contributed by atoms with E-state index in [2.05, 4.69) is 17.4 Å². The molecule has 1 aliphatic rings. The maximum absolute atomic E-state index is 12.3. The Kier molecular flexibility index (Phi) is 6.74. The highest BCUT2D eigenvalue weighted by molar-refractivity contribution is 7.99. The number of ether oxygens (including phenoxy) is 1. The molecule has 1 aromatic carbocycles. The van der Waals surface area contributed by atoms with Crippen molar-refractivity contribution < 1.29 is 14.3 Å². The number of carbonyl (C=O) groups is 2. The first-order chi connectivity index (χ1) is 12.7. The number of hydrogen-bond donors (Lipinski definition) is 1. The molecule has 3 rings (SSSR count). The predicted molar refractivity (Wildman–Crippen MR) is 107 cm³/mol. The first-order valence-electron chi connectivity index (χ1n) is 8.98. The van der Waals surface area contributed by atoms with Crippen LogP contribution in [0.15, 0.2) is 35.2 Å². The second-order valence-corrected chi connectivity index (χ2v) is 8.37. The molecule has 1 N–H and O–H groups in total. The minimum Gasteiger partial charge on any atom is -0.462 e. The number of esters is 1. The SMILES string of the molecule is CCOC(=O)c1c(NC(=O)CCCSc2ccccc2)sc2c1CCC2. The molecule has 4 nitrogen and oxygen atoms in total. The Labute approximate surface area is 162 Å². The van der Waals surface area contributed by atoms with Gasteiger partial charge in [0.05, 0.1) is 12.2 Å². The van der Waals surface area contributed by atoms with Crippen LogP contribution in [0.1, 0.15) is 47.0 Å². The van der Waals surface area contributed by atoms with Crippen LogP contribution in [-0.2, 0) is 22.4 Å². The highest BCUT2D eigenvalue weighted by Crippen LogP contribution is 2.39. The number of nitrogens with one attached hydrogen (secondary N) is 1. The number of thiophene rings is 1. The third-order valence-electron chi connectivity index (χ3n) is 4.21. The van der Waals surface area contributed by atoms with Crippen molar-refractivity contribution in [1.29, 1.82) is 0 Å². The first kappa shape index (κ1) is 19.0. The molecule has 6 heteroatoms. The zero-order chi connectivity index (χ0) is 18.4. The summed E-state index contributed by atoms with van der Waals surface area (Å²) in [5, 5.41) is 3.61. The average molecular weight is 390 g/mol. The minimum absolute atomic E-state index is 0.0378. The number of rotatable bonds is 8. The second-order valence-electron chi connectivity index (χ2n) is 6.10. The van der Waals surface area contributed by atoms with Gasteiger partial charge in [-0.3, -0.25) is 4.79 Å². The van der Waals surface area contributed by atoms with E-state index in [-0.39, 0.29) is 11.9 Å². The van der Waals surface area contributed by atoms with Crippen LogP contribution in [0.5, 0.6) is 0 Å². The lowest BCUT2D eigenvalue weighted by molar-refractivity contribution is -0.116. The average Bonchev–Trinajstić information content (AvgIpc) is 3.20. The normalized spacial score (nSPS) is 12.7. The van der Waals surface area contributed by atoms with Gasteiger partial charge in [0.2, 0.25) is 5.91 Å². The summed E-state index contributed by atoms with van der Waals surface area (Å²) in [5.41, 5.74) is 1.65. The molecule has 0 saturated carbocycles. The van der Waals surface area contributed by atoms with Gasteiger partial charge in [-0.1, -0.05) is 18.2 Å². The molecular formula is C20H23NO3S2. The second kappa shape index (κ2) is 9.24. The Balaban J connectivity index is 1.55. The quantitative estimate of drug-likeness (QED) is 0.395. The van der Waals surface area contributed by atoms with E-state index in [0.29, 0.717) is 23.6 Å². The summed E-state index contributed by atoms with van der Waals surface area (Å²) >= 11 is 3.28. The molecule has 0 atom stereocenters. The molecule has 1 heterocycles. The van der Waals surface area contributed by atoms with Gasteiger partial charge < -0.3 is 10.1 Å². The highest BCUT2D eigenvalue weighted by Gasteiger charge is 2.28. The molecular weight excluding hydrogens is 366 g/mol. The number of thioether (sulfide) groups is 1. The maximum atomic E-state index is 12.3. The Morgan fingerprint density at radius 3 is 2.81 bits per heavy atom. The van der Waals surface area contributed by atoms with Crippen LogP contribution in [0.25, 0.3) is 0 Å². The smallest absolute Gasteiger partial charge is 0.341 e. The van der Waals surface area contributed by atoms with E-state index in [9.17, 15) is 9.59 Å². The van der Waals surface area contributed by atoms with Crippen molar-refractivity contribution in [3.63, 3.8) is 0 Å². The number of aryl methyl sites for hydroxylation is 1. The van der Waals surface area contributed by atoms with Crippen LogP contribution >= 0.6 is 23.1 Å². The molecule has 1 aliphatic carbocycles. The number of fused-ring (bicyclic) bond motifs is 1. The van der Waals surface area contributed by atoms with Crippen LogP contribution in [0.2, 0.25) is 0 Å². The van der Waals surface area contributed by atoms with Crippen LogP contribution in [0, 0.1) is 0 Å². The maximum Gasteiger partial charge on any atom is 0.341 e. The fourth-order valence-electron chi connectivity index (χ4n) is 3.04. The third kappa shape index (κ3) is 4.68. The van der Waals surface area contributed by atoms with E-state index in [1.54, 1.807) is 18.7 Å². The Morgan fingerprint density at radius 2 is 2.04 bits per heavy atom. The molecule has 0 unspecified atom stereocenters. The Morgan fingerprint density at radius 1 is 1.23 bits per heavy atom. The number of anilines is 1. The predicted octanol–water partition coefficient (Wildman–Crippen LogP) is 4.92. The van der Waals surface area contributed by atoms with Crippen molar-refractivity contribution in [2.75, 3.05) is 17.7 Å². The number of hydrogen-bond acceptors (Lipinski definition) is 5. The van der Waals surface area contributed by atoms with E-state index in [4.69, 9.17) is 4.74 Å². The molecule has 26 heavy (non-hydrogen) atoms. The van der Waals surface area contributed by atoms with Crippen LogP contribution < -0.4 is 5.32 Å². The summed E-state index contributed by atoms with van der Waals surface area (Å²) < 4.78 is 5.19. The van der Waals surface area contributed by atoms with E-state index >= 15 is 0 Å². The lowest BCUT2D eigenvalue weighted by atomic mass is 10.1. The molecule has 138 valence electrons. The minimum atomic E-state index is -0.318. The van der Waals surface area contributed by atoms with Crippen molar-refractivity contribution in [2.24, 2.45) is 0 Å². The Hall–Kier alpha value is -1.79. The summed E-state index contributed by atoms with van der Waals surface area (Å²) in [7, 11) is 0. The van der Waals surface area contributed by atoms with E-state index < -0.39 is 0 Å². The molecule has 1 amide bonds. The van der Waals surface area contributed by atoms with Gasteiger partial charge in [0.1, 0.15) is 5.00 Å². The number of amides is 1. The van der Waals surface area contributed by atoms with E-state index in [0.717, 1.165) is 37.0 Å².